The normalized spacial score (nSPS) is 11.9. The molecule has 130 valence electrons. The maximum Gasteiger partial charge on any atom is 0.387 e. The van der Waals surface area contributed by atoms with Crippen molar-refractivity contribution in [1.82, 2.24) is 4.90 Å². The Balaban J connectivity index is 3.13. The third-order valence-corrected chi connectivity index (χ3v) is 3.14. The minimum Gasteiger partial charge on any atom is -0.433 e. The number of aliphatic imine (C=N–C) groups is 1. The zero-order valence-electron chi connectivity index (χ0n) is 13.8. The van der Waals surface area contributed by atoms with Crippen LogP contribution in [0.25, 0.3) is 0 Å². The number of hydrogen-bond donors (Lipinski definition) is 3. The Labute approximate surface area is 134 Å². The molecule has 23 heavy (non-hydrogen) atoms. The second-order valence-corrected chi connectivity index (χ2v) is 5.24. The van der Waals surface area contributed by atoms with Crippen LogP contribution in [0.15, 0.2) is 17.1 Å². The number of nitrogens with two attached hydrogens (primary N) is 2. The molecule has 0 bridgehead atoms. The Kier molecular flexibility index (Phi) is 6.83. The lowest BCUT2D eigenvalue weighted by Crippen LogP contribution is -2.29. The molecule has 0 unspecified atom stereocenters. The van der Waals surface area contributed by atoms with Crippen LogP contribution in [0.5, 0.6) is 5.75 Å². The Morgan fingerprint density at radius 1 is 1.30 bits per heavy atom. The minimum absolute atomic E-state index is 0.0486. The number of likely N-dealkylation sites (N-methyl/N-ethyl adjacent to an activating group) is 2. The zero-order chi connectivity index (χ0) is 17.6. The maximum atomic E-state index is 12.6. The van der Waals surface area contributed by atoms with Gasteiger partial charge in [0.1, 0.15) is 0 Å². The van der Waals surface area contributed by atoms with E-state index in [1.807, 2.05) is 30.9 Å². The number of ether oxygens (including phenoxy) is 1. The molecule has 0 atom stereocenters. The van der Waals surface area contributed by atoms with Crippen molar-refractivity contribution in [2.24, 2.45) is 10.7 Å². The number of rotatable bonds is 7. The van der Waals surface area contributed by atoms with Crippen molar-refractivity contribution in [2.45, 2.75) is 6.61 Å². The van der Waals surface area contributed by atoms with E-state index in [9.17, 15) is 8.78 Å². The zero-order valence-corrected chi connectivity index (χ0v) is 13.8. The second-order valence-electron chi connectivity index (χ2n) is 5.24. The summed E-state index contributed by atoms with van der Waals surface area (Å²) >= 11 is 0. The van der Waals surface area contributed by atoms with Crippen LogP contribution in [0.1, 0.15) is 0 Å². The summed E-state index contributed by atoms with van der Waals surface area (Å²) in [6, 6.07) is 2.96. The van der Waals surface area contributed by atoms with E-state index in [4.69, 9.17) is 11.5 Å². The van der Waals surface area contributed by atoms with Gasteiger partial charge in [-0.3, -0.25) is 4.99 Å². The third-order valence-electron chi connectivity index (χ3n) is 3.14. The highest BCUT2D eigenvalue weighted by molar-refractivity contribution is 5.95. The average molecular weight is 330 g/mol. The highest BCUT2D eigenvalue weighted by atomic mass is 19.3. The maximum absolute atomic E-state index is 12.6. The molecule has 0 fully saturated rings. The molecule has 1 rings (SSSR count). The lowest BCUT2D eigenvalue weighted by Gasteiger charge is -2.24. The van der Waals surface area contributed by atoms with Crippen LogP contribution in [0.3, 0.4) is 0 Å². The number of nitrogen functional groups attached to an aromatic ring is 1. The van der Waals surface area contributed by atoms with Crippen LogP contribution < -0.4 is 26.4 Å². The first kappa shape index (κ1) is 18.8. The Morgan fingerprint density at radius 3 is 2.48 bits per heavy atom. The van der Waals surface area contributed by atoms with E-state index in [0.717, 1.165) is 6.54 Å². The van der Waals surface area contributed by atoms with Gasteiger partial charge in [-0.05, 0) is 20.2 Å². The van der Waals surface area contributed by atoms with Gasteiger partial charge in [0.05, 0.1) is 17.1 Å². The number of nitrogens with zero attached hydrogens (tertiary/aromatic N) is 3. The predicted octanol–water partition coefficient (Wildman–Crippen LogP) is 1.22. The SMILES string of the molecule is CN=C(N)Nc1cc(N)c(N(C)CCN(C)C)cc1OC(F)F. The summed E-state index contributed by atoms with van der Waals surface area (Å²) in [5.74, 6) is 0.0183. The Bertz CT molecular complexity index is 550. The third kappa shape index (κ3) is 5.78. The van der Waals surface area contributed by atoms with E-state index in [-0.39, 0.29) is 17.4 Å². The molecule has 1 aromatic carbocycles. The molecule has 0 radical (unpaired) electrons. The number of anilines is 3. The molecular weight excluding hydrogens is 306 g/mol. The van der Waals surface area contributed by atoms with Crippen LogP contribution in [0.2, 0.25) is 0 Å². The first-order chi connectivity index (χ1) is 10.7. The molecular formula is C14H24F2N6O. The lowest BCUT2D eigenvalue weighted by molar-refractivity contribution is -0.0493. The fourth-order valence-corrected chi connectivity index (χ4v) is 1.87. The molecule has 0 aromatic heterocycles. The highest BCUT2D eigenvalue weighted by Crippen LogP contribution is 2.35. The van der Waals surface area contributed by atoms with Crippen LogP contribution in [0.4, 0.5) is 25.8 Å². The summed E-state index contributed by atoms with van der Waals surface area (Å²) in [4.78, 5) is 7.60. The van der Waals surface area contributed by atoms with Crippen molar-refractivity contribution in [2.75, 3.05) is 57.2 Å². The van der Waals surface area contributed by atoms with Gasteiger partial charge in [0, 0.05) is 33.3 Å². The average Bonchev–Trinajstić information content (AvgIpc) is 2.46. The van der Waals surface area contributed by atoms with E-state index in [0.29, 0.717) is 17.9 Å². The van der Waals surface area contributed by atoms with Gasteiger partial charge in [0.25, 0.3) is 0 Å². The molecule has 7 nitrogen and oxygen atoms in total. The van der Waals surface area contributed by atoms with E-state index >= 15 is 0 Å². The van der Waals surface area contributed by atoms with Crippen LogP contribution >= 0.6 is 0 Å². The van der Waals surface area contributed by atoms with Crippen LogP contribution in [-0.2, 0) is 0 Å². The van der Waals surface area contributed by atoms with Crippen molar-refractivity contribution >= 4 is 23.0 Å². The highest BCUT2D eigenvalue weighted by Gasteiger charge is 2.16. The van der Waals surface area contributed by atoms with Crippen molar-refractivity contribution in [3.63, 3.8) is 0 Å². The molecule has 0 aliphatic carbocycles. The summed E-state index contributed by atoms with van der Waals surface area (Å²) in [5, 5.41) is 2.69. The van der Waals surface area contributed by atoms with Gasteiger partial charge >= 0.3 is 6.61 Å². The first-order valence-corrected chi connectivity index (χ1v) is 6.98. The van der Waals surface area contributed by atoms with E-state index in [2.05, 4.69) is 15.0 Å². The summed E-state index contributed by atoms with van der Waals surface area (Å²) < 4.78 is 29.9. The summed E-state index contributed by atoms with van der Waals surface area (Å²) in [5.41, 5.74) is 12.8. The standard InChI is InChI=1S/C14H24F2N6O/c1-19-14(18)20-10-7-9(17)11(8-12(10)23-13(15)16)22(4)6-5-21(2)3/h7-8,13H,5-6,17H2,1-4H3,(H3,18,19,20). The molecule has 0 aliphatic rings. The second kappa shape index (κ2) is 8.37. The monoisotopic (exact) mass is 330 g/mol. The minimum atomic E-state index is -2.96. The molecule has 0 heterocycles. The van der Waals surface area contributed by atoms with Gasteiger partial charge in [-0.2, -0.15) is 8.78 Å². The number of hydrogen-bond acceptors (Lipinski definition) is 5. The van der Waals surface area contributed by atoms with Gasteiger partial charge in [-0.1, -0.05) is 0 Å². The van der Waals surface area contributed by atoms with E-state index < -0.39 is 6.61 Å². The smallest absolute Gasteiger partial charge is 0.387 e. The number of guanidine groups is 1. The van der Waals surface area contributed by atoms with E-state index in [1.54, 1.807) is 0 Å². The fraction of sp³-hybridized carbons (Fsp3) is 0.500. The quantitative estimate of drug-likeness (QED) is 0.396. The Hall–Kier alpha value is -2.29. The molecule has 0 saturated heterocycles. The number of alkyl halides is 2. The van der Waals surface area contributed by atoms with Crippen molar-refractivity contribution in [3.8, 4) is 5.75 Å². The van der Waals surface area contributed by atoms with Crippen molar-refractivity contribution < 1.29 is 13.5 Å². The molecule has 0 spiro atoms. The molecule has 0 saturated carbocycles. The molecule has 1 aromatic rings. The van der Waals surface area contributed by atoms with E-state index in [1.165, 1.54) is 19.2 Å². The summed E-state index contributed by atoms with van der Waals surface area (Å²) in [6.45, 7) is -1.49. The van der Waals surface area contributed by atoms with Gasteiger partial charge in [-0.15, -0.1) is 0 Å². The molecule has 9 heteroatoms. The molecule has 5 N–H and O–H groups in total. The van der Waals surface area contributed by atoms with Gasteiger partial charge < -0.3 is 31.3 Å². The van der Waals surface area contributed by atoms with Crippen LogP contribution in [0, 0.1) is 0 Å². The lowest BCUT2D eigenvalue weighted by atomic mass is 10.2. The molecule has 0 amide bonds. The number of benzene rings is 1. The predicted molar refractivity (Wildman–Crippen MR) is 90.5 cm³/mol. The van der Waals surface area contributed by atoms with Crippen molar-refractivity contribution in [3.05, 3.63) is 12.1 Å². The topological polar surface area (TPSA) is 92.1 Å². The van der Waals surface area contributed by atoms with Gasteiger partial charge in [-0.25, -0.2) is 0 Å². The van der Waals surface area contributed by atoms with Gasteiger partial charge in [0.2, 0.25) is 0 Å². The number of nitrogens with one attached hydrogen (secondary N) is 1. The number of halogens is 2. The fourth-order valence-electron chi connectivity index (χ4n) is 1.87. The van der Waals surface area contributed by atoms with Crippen LogP contribution in [-0.4, -0.2) is 58.8 Å². The van der Waals surface area contributed by atoms with Gasteiger partial charge in [0.15, 0.2) is 11.7 Å². The summed E-state index contributed by atoms with van der Waals surface area (Å²) in [7, 11) is 7.20. The Morgan fingerprint density at radius 2 is 1.96 bits per heavy atom. The summed E-state index contributed by atoms with van der Waals surface area (Å²) in [6.07, 6.45) is 0. The first-order valence-electron chi connectivity index (χ1n) is 6.98. The largest absolute Gasteiger partial charge is 0.433 e. The molecule has 0 aliphatic heterocycles. The van der Waals surface area contributed by atoms with Crippen molar-refractivity contribution in [1.29, 1.82) is 0 Å².